The lowest BCUT2D eigenvalue weighted by Gasteiger charge is -2.27. The minimum atomic E-state index is -0.973. The van der Waals surface area contributed by atoms with Crippen LogP contribution in [0.1, 0.15) is 31.3 Å². The summed E-state index contributed by atoms with van der Waals surface area (Å²) in [5.74, 6) is -1.52. The van der Waals surface area contributed by atoms with Crippen LogP contribution in [-0.4, -0.2) is 41.0 Å². The van der Waals surface area contributed by atoms with Gasteiger partial charge in [0.25, 0.3) is 11.5 Å². The zero-order valence-corrected chi connectivity index (χ0v) is 15.4. The Morgan fingerprint density at radius 2 is 1.81 bits per heavy atom. The fourth-order valence-electron chi connectivity index (χ4n) is 2.57. The van der Waals surface area contributed by atoms with Crippen LogP contribution in [0.15, 0.2) is 39.9 Å². The molecule has 9 nitrogen and oxygen atoms in total. The number of aromatic amines is 2. The van der Waals surface area contributed by atoms with E-state index in [1.165, 1.54) is 0 Å². The van der Waals surface area contributed by atoms with Crippen LogP contribution < -0.4 is 21.5 Å². The first-order chi connectivity index (χ1) is 12.8. The van der Waals surface area contributed by atoms with Crippen molar-refractivity contribution < 1.29 is 14.3 Å². The number of anilines is 2. The van der Waals surface area contributed by atoms with Gasteiger partial charge in [0.05, 0.1) is 0 Å². The highest BCUT2D eigenvalue weighted by atomic mass is 16.5. The minimum absolute atomic E-state index is 0.325. The quantitative estimate of drug-likeness (QED) is 0.623. The molecule has 144 valence electrons. The second-order valence-corrected chi connectivity index (χ2v) is 6.05. The standard InChI is InChI=1S/C18H22N4O5/c1-4-22(11(2)3)13-7-5-12(6-8-13)19-16(24)10-27-17(25)14-9-15(23)21-18(26)20-14/h5-9,11H,4,10H2,1-3H3,(H,19,24)(H2,20,21,23,26). The van der Waals surface area contributed by atoms with Crippen LogP contribution >= 0.6 is 0 Å². The van der Waals surface area contributed by atoms with Gasteiger partial charge in [-0.25, -0.2) is 9.59 Å². The Morgan fingerprint density at radius 3 is 2.37 bits per heavy atom. The number of rotatable bonds is 7. The third-order valence-corrected chi connectivity index (χ3v) is 3.76. The van der Waals surface area contributed by atoms with Crippen LogP contribution in [0.25, 0.3) is 0 Å². The van der Waals surface area contributed by atoms with Gasteiger partial charge in [0.2, 0.25) is 0 Å². The van der Waals surface area contributed by atoms with Gasteiger partial charge in [0.15, 0.2) is 6.61 Å². The summed E-state index contributed by atoms with van der Waals surface area (Å²) in [4.78, 5) is 52.3. The summed E-state index contributed by atoms with van der Waals surface area (Å²) in [7, 11) is 0. The highest BCUT2D eigenvalue weighted by molar-refractivity contribution is 5.94. The smallest absolute Gasteiger partial charge is 0.355 e. The molecule has 0 saturated heterocycles. The van der Waals surface area contributed by atoms with Crippen LogP contribution in [0, 0.1) is 0 Å². The average molecular weight is 374 g/mol. The van der Waals surface area contributed by atoms with Crippen molar-refractivity contribution in [3.63, 3.8) is 0 Å². The minimum Gasteiger partial charge on any atom is -0.451 e. The number of hydrogen-bond acceptors (Lipinski definition) is 6. The van der Waals surface area contributed by atoms with Crippen LogP contribution in [0.2, 0.25) is 0 Å². The number of benzene rings is 1. The largest absolute Gasteiger partial charge is 0.451 e. The molecule has 0 fully saturated rings. The number of esters is 1. The molecule has 27 heavy (non-hydrogen) atoms. The lowest BCUT2D eigenvalue weighted by atomic mass is 10.2. The van der Waals surface area contributed by atoms with Crippen molar-refractivity contribution in [3.8, 4) is 0 Å². The molecule has 2 rings (SSSR count). The predicted molar refractivity (Wildman–Crippen MR) is 101 cm³/mol. The van der Waals surface area contributed by atoms with Crippen LogP contribution in [0.4, 0.5) is 11.4 Å². The molecule has 0 aliphatic carbocycles. The zero-order valence-electron chi connectivity index (χ0n) is 15.4. The van der Waals surface area contributed by atoms with E-state index in [4.69, 9.17) is 4.74 Å². The maximum absolute atomic E-state index is 11.9. The van der Waals surface area contributed by atoms with E-state index < -0.39 is 29.7 Å². The van der Waals surface area contributed by atoms with Gasteiger partial charge in [-0.3, -0.25) is 14.6 Å². The van der Waals surface area contributed by atoms with Crippen molar-refractivity contribution in [2.75, 3.05) is 23.4 Å². The summed E-state index contributed by atoms with van der Waals surface area (Å²) in [5.41, 5.74) is -0.298. The highest BCUT2D eigenvalue weighted by Gasteiger charge is 2.13. The molecule has 0 radical (unpaired) electrons. The van der Waals surface area contributed by atoms with E-state index in [1.807, 2.05) is 17.1 Å². The van der Waals surface area contributed by atoms with E-state index in [0.717, 1.165) is 18.3 Å². The molecule has 0 atom stereocenters. The van der Waals surface area contributed by atoms with Gasteiger partial charge in [-0.2, -0.15) is 0 Å². The van der Waals surface area contributed by atoms with Crippen molar-refractivity contribution in [2.45, 2.75) is 26.8 Å². The number of nitrogens with zero attached hydrogens (tertiary/aromatic N) is 1. The van der Waals surface area contributed by atoms with Gasteiger partial charge in [-0.1, -0.05) is 0 Å². The number of carbonyl (C=O) groups is 2. The van der Waals surface area contributed by atoms with Crippen LogP contribution in [0.5, 0.6) is 0 Å². The number of H-pyrrole nitrogens is 2. The fraction of sp³-hybridized carbons (Fsp3) is 0.333. The van der Waals surface area contributed by atoms with Crippen molar-refractivity contribution in [3.05, 3.63) is 56.9 Å². The molecule has 1 amide bonds. The van der Waals surface area contributed by atoms with E-state index in [-0.39, 0.29) is 5.69 Å². The van der Waals surface area contributed by atoms with Gasteiger partial charge in [-0.05, 0) is 45.0 Å². The number of amides is 1. The van der Waals surface area contributed by atoms with E-state index in [1.54, 1.807) is 12.1 Å². The summed E-state index contributed by atoms with van der Waals surface area (Å²) in [6.45, 7) is 6.58. The topological polar surface area (TPSA) is 124 Å². The van der Waals surface area contributed by atoms with Gasteiger partial charge < -0.3 is 19.9 Å². The molecule has 0 saturated carbocycles. The molecule has 1 heterocycles. The fourth-order valence-corrected chi connectivity index (χ4v) is 2.57. The SMILES string of the molecule is CCN(c1ccc(NC(=O)COC(=O)c2cc(=O)[nH]c(=O)[nH]2)cc1)C(C)C. The van der Waals surface area contributed by atoms with Gasteiger partial charge in [-0.15, -0.1) is 0 Å². The molecular formula is C18H22N4O5. The van der Waals surface area contributed by atoms with Crippen molar-refractivity contribution in [2.24, 2.45) is 0 Å². The number of aromatic nitrogens is 2. The molecule has 1 aromatic carbocycles. The summed E-state index contributed by atoms with van der Waals surface area (Å²) in [5, 5.41) is 2.61. The Hall–Kier alpha value is -3.36. The second kappa shape index (κ2) is 8.84. The molecule has 0 unspecified atom stereocenters. The lowest BCUT2D eigenvalue weighted by molar-refractivity contribution is -0.119. The molecule has 0 aliphatic heterocycles. The van der Waals surface area contributed by atoms with Gasteiger partial charge >= 0.3 is 11.7 Å². The highest BCUT2D eigenvalue weighted by Crippen LogP contribution is 2.19. The molecule has 9 heteroatoms. The van der Waals surface area contributed by atoms with Gasteiger partial charge in [0.1, 0.15) is 5.69 Å². The Balaban J connectivity index is 1.92. The van der Waals surface area contributed by atoms with E-state index in [2.05, 4.69) is 36.0 Å². The first kappa shape index (κ1) is 20.0. The van der Waals surface area contributed by atoms with Crippen molar-refractivity contribution in [1.82, 2.24) is 9.97 Å². The molecule has 0 spiro atoms. The Labute approximate surface area is 155 Å². The Morgan fingerprint density at radius 1 is 1.15 bits per heavy atom. The van der Waals surface area contributed by atoms with E-state index in [0.29, 0.717) is 11.7 Å². The van der Waals surface area contributed by atoms with Crippen molar-refractivity contribution in [1.29, 1.82) is 0 Å². The Kier molecular flexibility index (Phi) is 6.53. The maximum atomic E-state index is 11.9. The molecule has 3 N–H and O–H groups in total. The normalized spacial score (nSPS) is 10.5. The maximum Gasteiger partial charge on any atom is 0.355 e. The number of carbonyl (C=O) groups excluding carboxylic acids is 2. The first-order valence-electron chi connectivity index (χ1n) is 8.47. The molecule has 0 aliphatic rings. The summed E-state index contributed by atoms with van der Waals surface area (Å²) >= 11 is 0. The Bertz CT molecular complexity index is 886. The molecular weight excluding hydrogens is 352 g/mol. The third kappa shape index (κ3) is 5.56. The lowest BCUT2D eigenvalue weighted by Crippen LogP contribution is -2.30. The second-order valence-electron chi connectivity index (χ2n) is 6.05. The monoisotopic (exact) mass is 374 g/mol. The summed E-state index contributed by atoms with van der Waals surface area (Å²) in [6, 6.07) is 8.54. The summed E-state index contributed by atoms with van der Waals surface area (Å²) < 4.78 is 4.80. The number of hydrogen-bond donors (Lipinski definition) is 3. The molecule has 1 aromatic heterocycles. The number of nitrogens with one attached hydrogen (secondary N) is 3. The molecule has 2 aromatic rings. The zero-order chi connectivity index (χ0) is 20.0. The van der Waals surface area contributed by atoms with Crippen LogP contribution in [-0.2, 0) is 9.53 Å². The molecule has 0 bridgehead atoms. The average Bonchev–Trinajstić information content (AvgIpc) is 2.60. The predicted octanol–water partition coefficient (Wildman–Crippen LogP) is 1.09. The van der Waals surface area contributed by atoms with Crippen LogP contribution in [0.3, 0.4) is 0 Å². The van der Waals surface area contributed by atoms with E-state index >= 15 is 0 Å². The third-order valence-electron chi connectivity index (χ3n) is 3.76. The number of ether oxygens (including phenoxy) is 1. The van der Waals surface area contributed by atoms with Crippen molar-refractivity contribution >= 4 is 23.3 Å². The van der Waals surface area contributed by atoms with E-state index in [9.17, 15) is 19.2 Å². The first-order valence-corrected chi connectivity index (χ1v) is 8.47. The summed E-state index contributed by atoms with van der Waals surface area (Å²) in [6.07, 6.45) is 0. The van der Waals surface area contributed by atoms with Gasteiger partial charge in [0, 0.05) is 30.0 Å².